The van der Waals surface area contributed by atoms with Crippen LogP contribution in [0.4, 0.5) is 5.69 Å². The van der Waals surface area contributed by atoms with E-state index in [0.717, 1.165) is 35.9 Å². The molecule has 3 atom stereocenters. The van der Waals surface area contributed by atoms with Crippen LogP contribution in [0.15, 0.2) is 42.5 Å². The van der Waals surface area contributed by atoms with Gasteiger partial charge in [0.2, 0.25) is 0 Å². The molecule has 2 aromatic rings. The van der Waals surface area contributed by atoms with Crippen molar-refractivity contribution in [2.75, 3.05) is 18.0 Å². The molecule has 0 aliphatic carbocycles. The van der Waals surface area contributed by atoms with Gasteiger partial charge in [-0.15, -0.1) is 0 Å². The molecule has 4 nitrogen and oxygen atoms in total. The number of hydrogen-bond donors (Lipinski definition) is 1. The van der Waals surface area contributed by atoms with E-state index in [1.54, 1.807) is 6.92 Å². The standard InChI is InChI=1S/C25H34N2O2/c1-17-7-6-14-27(16-17)23-11-9-22(10-12-23)20(4)26-25(28)21(5)29-24-13-8-18(2)19(3)15-24/h8-13,15,17,20-21H,6-7,14,16H2,1-5H3,(H,26,28)/t17-,20+,21+/m1/s1. The molecule has 0 saturated carbocycles. The van der Waals surface area contributed by atoms with Crippen LogP contribution >= 0.6 is 0 Å². The zero-order valence-electron chi connectivity index (χ0n) is 18.4. The third-order valence-electron chi connectivity index (χ3n) is 5.93. The summed E-state index contributed by atoms with van der Waals surface area (Å²) in [6.45, 7) is 12.5. The summed E-state index contributed by atoms with van der Waals surface area (Å²) in [4.78, 5) is 15.0. The third kappa shape index (κ3) is 5.53. The van der Waals surface area contributed by atoms with Crippen LogP contribution in [0, 0.1) is 19.8 Å². The average molecular weight is 395 g/mol. The van der Waals surface area contributed by atoms with Crippen LogP contribution in [-0.2, 0) is 4.79 Å². The van der Waals surface area contributed by atoms with Gasteiger partial charge in [0.05, 0.1) is 6.04 Å². The lowest BCUT2D eigenvalue weighted by Crippen LogP contribution is -2.37. The van der Waals surface area contributed by atoms with Gasteiger partial charge in [0.15, 0.2) is 6.10 Å². The minimum Gasteiger partial charge on any atom is -0.481 e. The molecule has 1 N–H and O–H groups in total. The molecule has 0 spiro atoms. The van der Waals surface area contributed by atoms with Gasteiger partial charge in [-0.25, -0.2) is 0 Å². The molecule has 1 aliphatic rings. The Labute approximate surface area is 175 Å². The molecule has 3 rings (SSSR count). The summed E-state index contributed by atoms with van der Waals surface area (Å²) < 4.78 is 5.84. The van der Waals surface area contributed by atoms with Crippen molar-refractivity contribution in [1.82, 2.24) is 5.32 Å². The van der Waals surface area contributed by atoms with Crippen LogP contribution in [-0.4, -0.2) is 25.1 Å². The second-order valence-electron chi connectivity index (χ2n) is 8.52. The van der Waals surface area contributed by atoms with Crippen LogP contribution in [0.5, 0.6) is 5.75 Å². The van der Waals surface area contributed by atoms with Gasteiger partial charge in [0.25, 0.3) is 5.91 Å². The SMILES string of the molecule is Cc1ccc(O[C@@H](C)C(=O)N[C@@H](C)c2ccc(N3CCC[C@@H](C)C3)cc2)cc1C. The van der Waals surface area contributed by atoms with Gasteiger partial charge >= 0.3 is 0 Å². The van der Waals surface area contributed by atoms with Crippen molar-refractivity contribution in [2.45, 2.75) is 59.6 Å². The lowest BCUT2D eigenvalue weighted by atomic mass is 9.99. The van der Waals surface area contributed by atoms with Gasteiger partial charge < -0.3 is 15.0 Å². The lowest BCUT2D eigenvalue weighted by molar-refractivity contribution is -0.127. The first-order valence-electron chi connectivity index (χ1n) is 10.7. The summed E-state index contributed by atoms with van der Waals surface area (Å²) in [5.41, 5.74) is 4.74. The van der Waals surface area contributed by atoms with Gasteiger partial charge in [-0.05, 0) is 87.4 Å². The number of piperidine rings is 1. The maximum Gasteiger partial charge on any atom is 0.261 e. The first kappa shape index (κ1) is 21.2. The number of nitrogens with zero attached hydrogens (tertiary/aromatic N) is 1. The summed E-state index contributed by atoms with van der Waals surface area (Å²) in [5.74, 6) is 1.37. The monoisotopic (exact) mass is 394 g/mol. The summed E-state index contributed by atoms with van der Waals surface area (Å²) in [6, 6.07) is 14.4. The molecule has 1 fully saturated rings. The number of carbonyl (C=O) groups excluding carboxylic acids is 1. The maximum absolute atomic E-state index is 12.6. The van der Waals surface area contributed by atoms with Crippen LogP contribution in [0.3, 0.4) is 0 Å². The topological polar surface area (TPSA) is 41.6 Å². The number of carbonyl (C=O) groups is 1. The average Bonchev–Trinajstić information content (AvgIpc) is 2.70. The summed E-state index contributed by atoms with van der Waals surface area (Å²) in [6.07, 6.45) is 2.03. The van der Waals surface area contributed by atoms with Gasteiger partial charge in [-0.2, -0.15) is 0 Å². The molecule has 1 heterocycles. The molecule has 0 radical (unpaired) electrons. The van der Waals surface area contributed by atoms with Crippen LogP contribution in [0.1, 0.15) is 56.3 Å². The number of nitrogens with one attached hydrogen (secondary N) is 1. The highest BCUT2D eigenvalue weighted by Gasteiger charge is 2.19. The molecule has 1 saturated heterocycles. The third-order valence-corrected chi connectivity index (χ3v) is 5.93. The second-order valence-corrected chi connectivity index (χ2v) is 8.52. The fourth-order valence-corrected chi connectivity index (χ4v) is 3.86. The molecule has 2 aromatic carbocycles. The Morgan fingerprint density at radius 1 is 1.10 bits per heavy atom. The number of ether oxygens (including phenoxy) is 1. The molecule has 0 aromatic heterocycles. The van der Waals surface area contributed by atoms with Gasteiger partial charge in [0.1, 0.15) is 5.75 Å². The Bertz CT molecular complexity index is 831. The molecule has 0 unspecified atom stereocenters. The van der Waals surface area contributed by atoms with Crippen LogP contribution in [0.25, 0.3) is 0 Å². The van der Waals surface area contributed by atoms with Crippen molar-refractivity contribution < 1.29 is 9.53 Å². The van der Waals surface area contributed by atoms with E-state index < -0.39 is 6.10 Å². The van der Waals surface area contributed by atoms with Crippen LogP contribution < -0.4 is 15.0 Å². The van der Waals surface area contributed by atoms with Crippen molar-refractivity contribution in [1.29, 1.82) is 0 Å². The molecule has 1 aliphatic heterocycles. The Kier molecular flexibility index (Phi) is 6.83. The number of aryl methyl sites for hydroxylation is 2. The Morgan fingerprint density at radius 3 is 2.48 bits per heavy atom. The smallest absolute Gasteiger partial charge is 0.261 e. The van der Waals surface area contributed by atoms with E-state index >= 15 is 0 Å². The molecule has 0 bridgehead atoms. The van der Waals surface area contributed by atoms with Gasteiger partial charge in [-0.1, -0.05) is 25.1 Å². The second kappa shape index (κ2) is 9.34. The highest BCUT2D eigenvalue weighted by atomic mass is 16.5. The molecular weight excluding hydrogens is 360 g/mol. The summed E-state index contributed by atoms with van der Waals surface area (Å²) in [5, 5.41) is 3.07. The summed E-state index contributed by atoms with van der Waals surface area (Å²) >= 11 is 0. The van der Waals surface area contributed by atoms with E-state index in [4.69, 9.17) is 4.74 Å². The molecule has 4 heteroatoms. The van der Waals surface area contributed by atoms with Crippen molar-refractivity contribution in [3.8, 4) is 5.75 Å². The van der Waals surface area contributed by atoms with E-state index in [1.807, 2.05) is 32.0 Å². The highest BCUT2D eigenvalue weighted by Crippen LogP contribution is 2.25. The predicted molar refractivity (Wildman–Crippen MR) is 120 cm³/mol. The zero-order chi connectivity index (χ0) is 21.0. The minimum absolute atomic E-state index is 0.0670. The number of amides is 1. The van der Waals surface area contributed by atoms with E-state index in [-0.39, 0.29) is 11.9 Å². The largest absolute Gasteiger partial charge is 0.481 e. The number of hydrogen-bond acceptors (Lipinski definition) is 3. The molecule has 156 valence electrons. The van der Waals surface area contributed by atoms with Gasteiger partial charge in [0, 0.05) is 18.8 Å². The van der Waals surface area contributed by atoms with E-state index in [0.29, 0.717) is 0 Å². The number of anilines is 1. The van der Waals surface area contributed by atoms with Crippen molar-refractivity contribution >= 4 is 11.6 Å². The van der Waals surface area contributed by atoms with Gasteiger partial charge in [-0.3, -0.25) is 4.79 Å². The number of rotatable bonds is 6. The Hall–Kier alpha value is -2.49. The van der Waals surface area contributed by atoms with Crippen molar-refractivity contribution in [3.05, 3.63) is 59.2 Å². The fourth-order valence-electron chi connectivity index (χ4n) is 3.86. The van der Waals surface area contributed by atoms with Crippen molar-refractivity contribution in [3.63, 3.8) is 0 Å². The molecular formula is C25H34N2O2. The van der Waals surface area contributed by atoms with E-state index in [2.05, 4.69) is 48.3 Å². The first-order valence-corrected chi connectivity index (χ1v) is 10.7. The van der Waals surface area contributed by atoms with E-state index in [9.17, 15) is 4.79 Å². The maximum atomic E-state index is 12.6. The van der Waals surface area contributed by atoms with E-state index in [1.165, 1.54) is 24.1 Å². The highest BCUT2D eigenvalue weighted by molar-refractivity contribution is 5.81. The quantitative estimate of drug-likeness (QED) is 0.733. The predicted octanol–water partition coefficient (Wildman–Crippen LogP) is 5.18. The first-order chi connectivity index (χ1) is 13.8. The normalized spacial score (nSPS) is 18.8. The zero-order valence-corrected chi connectivity index (χ0v) is 18.4. The fraction of sp³-hybridized carbons (Fsp3) is 0.480. The van der Waals surface area contributed by atoms with Crippen molar-refractivity contribution in [2.24, 2.45) is 5.92 Å². The lowest BCUT2D eigenvalue weighted by Gasteiger charge is -2.33. The Morgan fingerprint density at radius 2 is 1.83 bits per heavy atom. The summed E-state index contributed by atoms with van der Waals surface area (Å²) in [7, 11) is 0. The number of benzene rings is 2. The van der Waals surface area contributed by atoms with Crippen LogP contribution in [0.2, 0.25) is 0 Å². The molecule has 29 heavy (non-hydrogen) atoms. The Balaban J connectivity index is 1.56. The minimum atomic E-state index is -0.548. The molecule has 1 amide bonds.